The van der Waals surface area contributed by atoms with Gasteiger partial charge in [-0.25, -0.2) is 0 Å². The van der Waals surface area contributed by atoms with Crippen LogP contribution < -0.4 is 4.74 Å². The molecule has 66 valence electrons. The van der Waals surface area contributed by atoms with Gasteiger partial charge in [-0.3, -0.25) is 0 Å². The monoisotopic (exact) mass is 388 g/mol. The van der Waals surface area contributed by atoms with Crippen LogP contribution >= 0.6 is 45.2 Å². The first-order chi connectivity index (χ1) is 5.57. The standard InChI is InChI=1S/C9H10I2O/c1-5-4-7(10)8(11)6(2)9(5)12-3/h4H,1-3H3. The summed E-state index contributed by atoms with van der Waals surface area (Å²) in [5.41, 5.74) is 2.45. The summed E-state index contributed by atoms with van der Waals surface area (Å²) in [6, 6.07) is 2.15. The van der Waals surface area contributed by atoms with Gasteiger partial charge in [-0.2, -0.15) is 0 Å². The van der Waals surface area contributed by atoms with Gasteiger partial charge in [0.15, 0.2) is 0 Å². The van der Waals surface area contributed by atoms with Crippen molar-refractivity contribution in [3.05, 3.63) is 24.3 Å². The van der Waals surface area contributed by atoms with Gasteiger partial charge in [0.1, 0.15) is 5.75 Å². The Hall–Kier alpha value is 0.480. The predicted molar refractivity (Wildman–Crippen MR) is 67.9 cm³/mol. The van der Waals surface area contributed by atoms with Gasteiger partial charge in [0.25, 0.3) is 0 Å². The zero-order valence-corrected chi connectivity index (χ0v) is 11.6. The van der Waals surface area contributed by atoms with Crippen LogP contribution in [0.3, 0.4) is 0 Å². The fourth-order valence-corrected chi connectivity index (χ4v) is 2.48. The van der Waals surface area contributed by atoms with Crippen molar-refractivity contribution in [2.75, 3.05) is 7.11 Å². The van der Waals surface area contributed by atoms with E-state index >= 15 is 0 Å². The van der Waals surface area contributed by atoms with Gasteiger partial charge in [0.05, 0.1) is 7.11 Å². The average molecular weight is 388 g/mol. The molecule has 0 saturated carbocycles. The van der Waals surface area contributed by atoms with E-state index in [4.69, 9.17) is 4.74 Å². The van der Waals surface area contributed by atoms with Crippen molar-refractivity contribution in [1.82, 2.24) is 0 Å². The molecule has 1 rings (SSSR count). The summed E-state index contributed by atoms with van der Waals surface area (Å²) in [4.78, 5) is 0. The Bertz CT molecular complexity index is 308. The van der Waals surface area contributed by atoms with Crippen LogP contribution in [0.15, 0.2) is 6.07 Å². The van der Waals surface area contributed by atoms with E-state index in [-0.39, 0.29) is 0 Å². The summed E-state index contributed by atoms with van der Waals surface area (Å²) >= 11 is 4.69. The lowest BCUT2D eigenvalue weighted by atomic mass is 10.1. The van der Waals surface area contributed by atoms with Gasteiger partial charge < -0.3 is 4.74 Å². The Morgan fingerprint density at radius 2 is 1.83 bits per heavy atom. The molecule has 0 spiro atoms. The van der Waals surface area contributed by atoms with E-state index in [1.807, 2.05) is 0 Å². The second-order valence-corrected chi connectivity index (χ2v) is 4.89. The van der Waals surface area contributed by atoms with Crippen LogP contribution in [0.4, 0.5) is 0 Å². The third kappa shape index (κ3) is 1.86. The van der Waals surface area contributed by atoms with Crippen LogP contribution in [0, 0.1) is 21.0 Å². The summed E-state index contributed by atoms with van der Waals surface area (Å²) in [7, 11) is 1.72. The lowest BCUT2D eigenvalue weighted by Gasteiger charge is -2.11. The maximum atomic E-state index is 5.30. The molecule has 3 heteroatoms. The Morgan fingerprint density at radius 1 is 1.25 bits per heavy atom. The van der Waals surface area contributed by atoms with Gasteiger partial charge in [0, 0.05) is 12.7 Å². The maximum Gasteiger partial charge on any atom is 0.125 e. The number of methoxy groups -OCH3 is 1. The van der Waals surface area contributed by atoms with Gasteiger partial charge >= 0.3 is 0 Å². The van der Waals surface area contributed by atoms with Crippen LogP contribution in [0.25, 0.3) is 0 Å². The van der Waals surface area contributed by atoms with Crippen molar-refractivity contribution in [3.8, 4) is 5.75 Å². The molecule has 1 aromatic rings. The summed E-state index contributed by atoms with van der Waals surface area (Å²) in [5.74, 6) is 1.01. The Morgan fingerprint density at radius 3 is 2.33 bits per heavy atom. The molecule has 0 aliphatic rings. The largest absolute Gasteiger partial charge is 0.496 e. The summed E-state index contributed by atoms with van der Waals surface area (Å²) in [6.45, 7) is 4.17. The molecule has 0 radical (unpaired) electrons. The van der Waals surface area contributed by atoms with Gasteiger partial charge in [-0.15, -0.1) is 0 Å². The van der Waals surface area contributed by atoms with Crippen molar-refractivity contribution < 1.29 is 4.74 Å². The third-order valence-corrected chi connectivity index (χ3v) is 5.06. The Labute approximate surface area is 100 Å². The van der Waals surface area contributed by atoms with Crippen molar-refractivity contribution in [3.63, 3.8) is 0 Å². The summed E-state index contributed by atoms with van der Waals surface area (Å²) in [5, 5.41) is 0. The highest BCUT2D eigenvalue weighted by molar-refractivity contribution is 14.1. The molecule has 0 heterocycles. The van der Waals surface area contributed by atoms with E-state index in [1.54, 1.807) is 7.11 Å². The van der Waals surface area contributed by atoms with Crippen molar-refractivity contribution >= 4 is 45.2 Å². The fourth-order valence-electron chi connectivity index (χ4n) is 1.21. The first kappa shape index (κ1) is 10.6. The number of hydrogen-bond donors (Lipinski definition) is 0. The molecule has 0 N–H and O–H groups in total. The number of aryl methyl sites for hydroxylation is 1. The van der Waals surface area contributed by atoms with Crippen molar-refractivity contribution in [2.45, 2.75) is 13.8 Å². The van der Waals surface area contributed by atoms with Crippen molar-refractivity contribution in [2.24, 2.45) is 0 Å². The topological polar surface area (TPSA) is 9.23 Å². The van der Waals surface area contributed by atoms with E-state index in [9.17, 15) is 0 Å². The van der Waals surface area contributed by atoms with E-state index in [1.165, 1.54) is 18.3 Å². The molecule has 0 amide bonds. The molecular weight excluding hydrogens is 378 g/mol. The molecule has 12 heavy (non-hydrogen) atoms. The second-order valence-electron chi connectivity index (χ2n) is 2.65. The minimum Gasteiger partial charge on any atom is -0.496 e. The van der Waals surface area contributed by atoms with E-state index < -0.39 is 0 Å². The van der Waals surface area contributed by atoms with Crippen LogP contribution in [0.5, 0.6) is 5.75 Å². The molecule has 0 unspecified atom stereocenters. The second kappa shape index (κ2) is 4.13. The Balaban J connectivity index is 3.40. The summed E-state index contributed by atoms with van der Waals surface area (Å²) < 4.78 is 7.89. The van der Waals surface area contributed by atoms with E-state index in [0.717, 1.165) is 5.75 Å². The smallest absolute Gasteiger partial charge is 0.125 e. The van der Waals surface area contributed by atoms with Crippen molar-refractivity contribution in [1.29, 1.82) is 0 Å². The first-order valence-electron chi connectivity index (χ1n) is 3.57. The SMILES string of the molecule is COc1c(C)cc(I)c(I)c1C. The van der Waals surface area contributed by atoms with Crippen LogP contribution in [0.2, 0.25) is 0 Å². The Kier molecular flexibility index (Phi) is 3.63. The molecule has 1 aromatic carbocycles. The molecule has 0 aromatic heterocycles. The van der Waals surface area contributed by atoms with Gasteiger partial charge in [-0.1, -0.05) is 0 Å². The number of benzene rings is 1. The molecule has 1 nitrogen and oxygen atoms in total. The third-order valence-electron chi connectivity index (χ3n) is 1.79. The molecule has 0 aliphatic heterocycles. The summed E-state index contributed by atoms with van der Waals surface area (Å²) in [6.07, 6.45) is 0. The lowest BCUT2D eigenvalue weighted by Crippen LogP contribution is -1.95. The molecular formula is C9H10I2O. The quantitative estimate of drug-likeness (QED) is 0.670. The maximum absolute atomic E-state index is 5.30. The highest BCUT2D eigenvalue weighted by atomic mass is 127. The number of ether oxygens (including phenoxy) is 1. The molecule has 0 saturated heterocycles. The molecule has 0 bridgehead atoms. The normalized spacial score (nSPS) is 10.1. The lowest BCUT2D eigenvalue weighted by molar-refractivity contribution is 0.408. The average Bonchev–Trinajstić information content (AvgIpc) is 2.01. The number of rotatable bonds is 1. The van der Waals surface area contributed by atoms with Gasteiger partial charge in [-0.05, 0) is 70.7 Å². The minimum atomic E-state index is 1.01. The van der Waals surface area contributed by atoms with Crippen LogP contribution in [-0.4, -0.2) is 7.11 Å². The van der Waals surface area contributed by atoms with Crippen LogP contribution in [-0.2, 0) is 0 Å². The highest BCUT2D eigenvalue weighted by Gasteiger charge is 2.09. The number of halogens is 2. The van der Waals surface area contributed by atoms with E-state index in [2.05, 4.69) is 65.1 Å². The molecule has 0 aliphatic carbocycles. The van der Waals surface area contributed by atoms with E-state index in [0.29, 0.717) is 0 Å². The van der Waals surface area contributed by atoms with Crippen LogP contribution in [0.1, 0.15) is 11.1 Å². The molecule has 0 fully saturated rings. The number of hydrogen-bond acceptors (Lipinski definition) is 1. The van der Waals surface area contributed by atoms with Gasteiger partial charge in [0.2, 0.25) is 0 Å². The zero-order chi connectivity index (χ0) is 9.30. The first-order valence-corrected chi connectivity index (χ1v) is 5.73. The predicted octanol–water partition coefficient (Wildman–Crippen LogP) is 3.52. The fraction of sp³-hybridized carbons (Fsp3) is 0.333. The molecule has 0 atom stereocenters. The minimum absolute atomic E-state index is 1.01. The zero-order valence-electron chi connectivity index (χ0n) is 7.24. The highest BCUT2D eigenvalue weighted by Crippen LogP contribution is 2.30.